The van der Waals surface area contributed by atoms with Crippen LogP contribution < -0.4 is 0 Å². The number of hydrogen-bond donors (Lipinski definition) is 0. The van der Waals surface area contributed by atoms with E-state index in [1.165, 1.54) is 11.3 Å². The third-order valence-electron chi connectivity index (χ3n) is 1.22. The summed E-state index contributed by atoms with van der Waals surface area (Å²) in [7, 11) is 3.86. The van der Waals surface area contributed by atoms with Crippen LogP contribution in [0.5, 0.6) is 0 Å². The normalized spacial score (nSPS) is 11.1. The largest absolute Gasteiger partial charge is 0.369 e. The van der Waals surface area contributed by atoms with Gasteiger partial charge in [0.1, 0.15) is 0 Å². The predicted molar refractivity (Wildman–Crippen MR) is 62.8 cm³/mol. The number of aliphatic imine (C=N–C) groups is 1. The van der Waals surface area contributed by atoms with Crippen LogP contribution in [-0.2, 0) is 0 Å². The molecule has 0 radical (unpaired) electrons. The highest BCUT2D eigenvalue weighted by atomic mass is 32.2. The summed E-state index contributed by atoms with van der Waals surface area (Å²) in [4.78, 5) is 6.04. The van der Waals surface area contributed by atoms with Crippen molar-refractivity contribution < 1.29 is 0 Å². The Morgan fingerprint density at radius 3 is 2.93 bits per heavy atom. The number of nitrogens with zero attached hydrogens (tertiary/aromatic N) is 4. The van der Waals surface area contributed by atoms with Gasteiger partial charge in [0.2, 0.25) is 5.13 Å². The minimum Gasteiger partial charge on any atom is -0.369 e. The highest BCUT2D eigenvalue weighted by Gasteiger charge is 2.01. The molecular formula is C8H14N4S2. The summed E-state index contributed by atoms with van der Waals surface area (Å²) >= 11 is 3.26. The zero-order valence-corrected chi connectivity index (χ0v) is 10.2. The predicted octanol–water partition coefficient (Wildman–Crippen LogP) is 2.26. The van der Waals surface area contributed by atoms with E-state index in [2.05, 4.69) is 22.1 Å². The maximum Gasteiger partial charge on any atom is 0.233 e. The molecule has 1 aromatic rings. The second-order valence-corrected chi connectivity index (χ2v) is 5.21. The second-order valence-electron chi connectivity index (χ2n) is 2.91. The van der Waals surface area contributed by atoms with Gasteiger partial charge >= 0.3 is 0 Å². The summed E-state index contributed by atoms with van der Waals surface area (Å²) in [5.41, 5.74) is 0. The van der Waals surface area contributed by atoms with E-state index in [0.29, 0.717) is 0 Å². The smallest absolute Gasteiger partial charge is 0.233 e. The fourth-order valence-electron chi connectivity index (χ4n) is 0.667. The van der Waals surface area contributed by atoms with Crippen molar-refractivity contribution >= 4 is 34.6 Å². The van der Waals surface area contributed by atoms with Crippen LogP contribution in [0, 0.1) is 0 Å². The summed E-state index contributed by atoms with van der Waals surface area (Å²) in [6.07, 6.45) is 2.88. The molecule has 0 atom stereocenters. The van der Waals surface area contributed by atoms with Crippen LogP contribution in [0.25, 0.3) is 0 Å². The lowest BCUT2D eigenvalue weighted by molar-refractivity contribution is 0.643. The van der Waals surface area contributed by atoms with Gasteiger partial charge in [0.25, 0.3) is 0 Å². The molecule has 0 bridgehead atoms. The zero-order chi connectivity index (χ0) is 10.4. The van der Waals surface area contributed by atoms with E-state index in [1.54, 1.807) is 18.1 Å². The van der Waals surface area contributed by atoms with Crippen LogP contribution in [-0.4, -0.2) is 41.3 Å². The van der Waals surface area contributed by atoms with E-state index < -0.39 is 0 Å². The Kier molecular flexibility index (Phi) is 4.89. The topological polar surface area (TPSA) is 41.4 Å². The Labute approximate surface area is 92.4 Å². The summed E-state index contributed by atoms with van der Waals surface area (Å²) in [6, 6.07) is 0. The first-order chi connectivity index (χ1) is 6.72. The lowest BCUT2D eigenvalue weighted by Crippen LogP contribution is -2.06. The van der Waals surface area contributed by atoms with Gasteiger partial charge in [0, 0.05) is 19.8 Å². The molecule has 0 fully saturated rings. The minimum atomic E-state index is 0.720. The Bertz CT molecular complexity index is 295. The standard InChI is InChI=1S/C8H14N4S2/c1-4-5-13-8-11-10-7(14-8)9-6-12(2)3/h6H,4-5H2,1-3H3. The number of aromatic nitrogens is 2. The Morgan fingerprint density at radius 1 is 1.50 bits per heavy atom. The van der Waals surface area contributed by atoms with Crippen LogP contribution in [0.2, 0.25) is 0 Å². The molecule has 0 aromatic carbocycles. The molecule has 6 heteroatoms. The first kappa shape index (κ1) is 11.5. The SMILES string of the molecule is CCCSc1nnc(N=CN(C)C)s1. The van der Waals surface area contributed by atoms with Gasteiger partial charge in [-0.1, -0.05) is 30.0 Å². The number of hydrogen-bond acceptors (Lipinski definition) is 5. The fourth-order valence-corrected chi connectivity index (χ4v) is 2.27. The van der Waals surface area contributed by atoms with Gasteiger partial charge in [0.15, 0.2) is 4.34 Å². The minimum absolute atomic E-state index is 0.720. The lowest BCUT2D eigenvalue weighted by Gasteiger charge is -1.99. The van der Waals surface area contributed by atoms with Crippen molar-refractivity contribution in [2.45, 2.75) is 17.7 Å². The van der Waals surface area contributed by atoms with Gasteiger partial charge in [0.05, 0.1) is 6.34 Å². The Balaban J connectivity index is 2.50. The van der Waals surface area contributed by atoms with Crippen LogP contribution in [0.15, 0.2) is 9.33 Å². The van der Waals surface area contributed by atoms with Crippen molar-refractivity contribution in [3.63, 3.8) is 0 Å². The van der Waals surface area contributed by atoms with Crippen molar-refractivity contribution in [2.75, 3.05) is 19.8 Å². The van der Waals surface area contributed by atoms with Crippen molar-refractivity contribution in [1.29, 1.82) is 0 Å². The van der Waals surface area contributed by atoms with E-state index in [0.717, 1.165) is 21.6 Å². The van der Waals surface area contributed by atoms with Crippen LogP contribution in [0.4, 0.5) is 5.13 Å². The molecule has 1 rings (SSSR count). The summed E-state index contributed by atoms with van der Waals surface area (Å²) < 4.78 is 0.998. The maximum absolute atomic E-state index is 4.17. The van der Waals surface area contributed by atoms with Gasteiger partial charge in [-0.15, -0.1) is 10.2 Å². The van der Waals surface area contributed by atoms with Crippen LogP contribution >= 0.6 is 23.1 Å². The molecule has 0 aliphatic heterocycles. The first-order valence-electron chi connectivity index (χ1n) is 4.39. The molecule has 0 unspecified atom stereocenters. The molecule has 0 saturated carbocycles. The molecule has 1 aromatic heterocycles. The monoisotopic (exact) mass is 230 g/mol. The molecule has 0 N–H and O–H groups in total. The van der Waals surface area contributed by atoms with Gasteiger partial charge in [-0.2, -0.15) is 0 Å². The number of thioether (sulfide) groups is 1. The second kappa shape index (κ2) is 5.98. The average molecular weight is 230 g/mol. The highest BCUT2D eigenvalue weighted by Crippen LogP contribution is 2.27. The summed E-state index contributed by atoms with van der Waals surface area (Å²) in [6.45, 7) is 2.15. The molecule has 0 saturated heterocycles. The maximum atomic E-state index is 4.17. The lowest BCUT2D eigenvalue weighted by atomic mass is 10.6. The van der Waals surface area contributed by atoms with Crippen LogP contribution in [0.1, 0.15) is 13.3 Å². The van der Waals surface area contributed by atoms with Crippen molar-refractivity contribution in [2.24, 2.45) is 4.99 Å². The van der Waals surface area contributed by atoms with Crippen molar-refractivity contribution in [3.05, 3.63) is 0 Å². The first-order valence-corrected chi connectivity index (χ1v) is 6.19. The molecular weight excluding hydrogens is 216 g/mol. The molecule has 0 aliphatic carbocycles. The van der Waals surface area contributed by atoms with E-state index >= 15 is 0 Å². The van der Waals surface area contributed by atoms with Crippen molar-refractivity contribution in [3.8, 4) is 0 Å². The van der Waals surface area contributed by atoms with Gasteiger partial charge in [-0.3, -0.25) is 0 Å². The zero-order valence-electron chi connectivity index (χ0n) is 8.60. The van der Waals surface area contributed by atoms with Crippen LogP contribution in [0.3, 0.4) is 0 Å². The average Bonchev–Trinajstić information content (AvgIpc) is 2.59. The summed E-state index contributed by atoms with van der Waals surface area (Å²) in [5, 5.41) is 8.71. The molecule has 78 valence electrons. The van der Waals surface area contributed by atoms with Gasteiger partial charge in [-0.05, 0) is 6.42 Å². The van der Waals surface area contributed by atoms with E-state index in [1.807, 2.05) is 19.0 Å². The molecule has 0 amide bonds. The molecule has 0 aliphatic rings. The van der Waals surface area contributed by atoms with Gasteiger partial charge < -0.3 is 4.90 Å². The molecule has 1 heterocycles. The Morgan fingerprint density at radius 2 is 2.29 bits per heavy atom. The van der Waals surface area contributed by atoms with Crippen molar-refractivity contribution in [1.82, 2.24) is 15.1 Å². The van der Waals surface area contributed by atoms with E-state index in [-0.39, 0.29) is 0 Å². The third kappa shape index (κ3) is 4.06. The third-order valence-corrected chi connectivity index (χ3v) is 3.39. The number of rotatable bonds is 5. The highest BCUT2D eigenvalue weighted by molar-refractivity contribution is 8.01. The summed E-state index contributed by atoms with van der Waals surface area (Å²) in [5.74, 6) is 1.09. The molecule has 0 spiro atoms. The quantitative estimate of drug-likeness (QED) is 0.442. The fraction of sp³-hybridized carbons (Fsp3) is 0.625. The van der Waals surface area contributed by atoms with Gasteiger partial charge in [-0.25, -0.2) is 4.99 Å². The van der Waals surface area contributed by atoms with E-state index in [4.69, 9.17) is 0 Å². The molecule has 14 heavy (non-hydrogen) atoms. The Hall–Kier alpha value is -0.620. The molecule has 4 nitrogen and oxygen atoms in total. The van der Waals surface area contributed by atoms with E-state index in [9.17, 15) is 0 Å².